The highest BCUT2D eigenvalue weighted by atomic mass is 35.5. The first-order chi connectivity index (χ1) is 16.3. The number of carbonyl (C=O) groups excluding carboxylic acids is 2. The van der Waals surface area contributed by atoms with Gasteiger partial charge in [0.1, 0.15) is 5.69 Å². The molecule has 0 radical (unpaired) electrons. The molecule has 3 aromatic rings. The number of nitrogens with one attached hydrogen (secondary N) is 2. The van der Waals surface area contributed by atoms with Gasteiger partial charge in [-0.15, -0.1) is 0 Å². The van der Waals surface area contributed by atoms with E-state index in [2.05, 4.69) is 32.6 Å². The molecule has 1 saturated carbocycles. The fourth-order valence-corrected chi connectivity index (χ4v) is 3.75. The molecule has 0 spiro atoms. The van der Waals surface area contributed by atoms with Gasteiger partial charge in [-0.3, -0.25) is 14.3 Å². The zero-order valence-electron chi connectivity index (χ0n) is 18.7. The van der Waals surface area contributed by atoms with Crippen LogP contribution in [-0.4, -0.2) is 32.6 Å². The summed E-state index contributed by atoms with van der Waals surface area (Å²) >= 11 is 6.21. The smallest absolute Gasteiger partial charge is 0.276 e. The number of benzene rings is 1. The summed E-state index contributed by atoms with van der Waals surface area (Å²) in [6.07, 6.45) is 4.01. The standard InChI is InChI=1S/C25H23ClFN5O2/c1-15(2)24(33)30-18-11-19(12-18)32-22(20(26)14-29-32)25(34)31-23-21(27)10-17(13-28-23)9-8-16-6-4-3-5-7-16/h3-7,10,13-15,18-19H,11-12H2,1-2H3,(H,30,33)(H,28,31,34). The van der Waals surface area contributed by atoms with E-state index >= 15 is 0 Å². The van der Waals surface area contributed by atoms with E-state index in [1.165, 1.54) is 23.1 Å². The number of halogens is 2. The van der Waals surface area contributed by atoms with Crippen LogP contribution in [0.1, 0.15) is 54.3 Å². The Bertz CT molecular complexity index is 1270. The van der Waals surface area contributed by atoms with Crippen molar-refractivity contribution in [3.8, 4) is 11.8 Å². The lowest BCUT2D eigenvalue weighted by molar-refractivity contribution is -0.125. The summed E-state index contributed by atoms with van der Waals surface area (Å²) in [5.41, 5.74) is 1.30. The SMILES string of the molecule is CC(C)C(=O)NC1CC(n2ncc(Cl)c2C(=O)Nc2ncc(C#Cc3ccccc3)cc2F)C1. The molecule has 2 N–H and O–H groups in total. The Morgan fingerprint density at radius 3 is 2.53 bits per heavy atom. The average Bonchev–Trinajstić information content (AvgIpc) is 3.17. The van der Waals surface area contributed by atoms with Gasteiger partial charge in [-0.25, -0.2) is 9.37 Å². The molecule has 2 amide bonds. The van der Waals surface area contributed by atoms with Crippen LogP contribution < -0.4 is 10.6 Å². The zero-order valence-corrected chi connectivity index (χ0v) is 19.4. The van der Waals surface area contributed by atoms with Crippen molar-refractivity contribution in [3.63, 3.8) is 0 Å². The summed E-state index contributed by atoms with van der Waals surface area (Å²) in [6.45, 7) is 3.66. The third kappa shape index (κ3) is 5.26. The van der Waals surface area contributed by atoms with E-state index in [4.69, 9.17) is 11.6 Å². The highest BCUT2D eigenvalue weighted by Gasteiger charge is 2.35. The van der Waals surface area contributed by atoms with Gasteiger partial charge in [0.25, 0.3) is 5.91 Å². The van der Waals surface area contributed by atoms with Gasteiger partial charge in [0.05, 0.1) is 17.3 Å². The second kappa shape index (κ2) is 10.1. The number of aromatic nitrogens is 3. The van der Waals surface area contributed by atoms with Gasteiger partial charge in [0, 0.05) is 29.3 Å². The van der Waals surface area contributed by atoms with Crippen molar-refractivity contribution in [3.05, 3.63) is 76.5 Å². The molecular weight excluding hydrogens is 457 g/mol. The second-order valence-electron chi connectivity index (χ2n) is 8.40. The summed E-state index contributed by atoms with van der Waals surface area (Å²) in [6, 6.07) is 10.4. The molecule has 1 aliphatic rings. The Balaban J connectivity index is 1.43. The summed E-state index contributed by atoms with van der Waals surface area (Å²) < 4.78 is 16.1. The number of anilines is 1. The van der Waals surface area contributed by atoms with E-state index in [9.17, 15) is 14.0 Å². The van der Waals surface area contributed by atoms with Crippen molar-refractivity contribution in [2.75, 3.05) is 5.32 Å². The summed E-state index contributed by atoms with van der Waals surface area (Å²) in [4.78, 5) is 28.8. The fraction of sp³-hybridized carbons (Fsp3) is 0.280. The zero-order chi connectivity index (χ0) is 24.2. The second-order valence-corrected chi connectivity index (χ2v) is 8.80. The maximum absolute atomic E-state index is 14.6. The third-order valence-corrected chi connectivity index (χ3v) is 5.77. The number of nitrogens with zero attached hydrogens (tertiary/aromatic N) is 3. The lowest BCUT2D eigenvalue weighted by Gasteiger charge is -2.36. The number of hydrogen-bond acceptors (Lipinski definition) is 4. The molecule has 0 saturated heterocycles. The number of carbonyl (C=O) groups is 2. The Kier molecular flexibility index (Phi) is 6.94. The van der Waals surface area contributed by atoms with Crippen LogP contribution in [0.15, 0.2) is 48.8 Å². The van der Waals surface area contributed by atoms with Crippen LogP contribution in [0.25, 0.3) is 0 Å². The van der Waals surface area contributed by atoms with Crippen LogP contribution in [0.4, 0.5) is 10.2 Å². The minimum Gasteiger partial charge on any atom is -0.353 e. The van der Waals surface area contributed by atoms with Crippen molar-refractivity contribution >= 4 is 29.2 Å². The molecule has 9 heteroatoms. The van der Waals surface area contributed by atoms with Gasteiger partial charge in [0.15, 0.2) is 11.6 Å². The molecule has 1 aromatic carbocycles. The fourth-order valence-electron chi connectivity index (χ4n) is 3.53. The molecule has 0 aliphatic heterocycles. The van der Waals surface area contributed by atoms with Gasteiger partial charge in [0.2, 0.25) is 5.91 Å². The van der Waals surface area contributed by atoms with Crippen LogP contribution in [0.2, 0.25) is 5.02 Å². The van der Waals surface area contributed by atoms with Crippen molar-refractivity contribution in [1.82, 2.24) is 20.1 Å². The maximum Gasteiger partial charge on any atom is 0.276 e. The van der Waals surface area contributed by atoms with Crippen molar-refractivity contribution in [2.45, 2.75) is 38.8 Å². The maximum atomic E-state index is 14.6. The quantitative estimate of drug-likeness (QED) is 0.537. The van der Waals surface area contributed by atoms with E-state index in [1.807, 2.05) is 44.2 Å². The van der Waals surface area contributed by atoms with Crippen LogP contribution >= 0.6 is 11.6 Å². The molecule has 0 atom stereocenters. The first-order valence-electron chi connectivity index (χ1n) is 10.9. The Hall–Kier alpha value is -3.70. The highest BCUT2D eigenvalue weighted by molar-refractivity contribution is 6.34. The van der Waals surface area contributed by atoms with E-state index in [0.717, 1.165) is 5.56 Å². The highest BCUT2D eigenvalue weighted by Crippen LogP contribution is 2.34. The summed E-state index contributed by atoms with van der Waals surface area (Å²) in [5.74, 6) is 4.11. The van der Waals surface area contributed by atoms with Gasteiger partial charge in [-0.1, -0.05) is 55.5 Å². The van der Waals surface area contributed by atoms with Crippen molar-refractivity contribution < 1.29 is 14.0 Å². The van der Waals surface area contributed by atoms with E-state index in [0.29, 0.717) is 18.4 Å². The Labute approximate surface area is 201 Å². The van der Waals surface area contributed by atoms with Gasteiger partial charge in [-0.05, 0) is 31.0 Å². The topological polar surface area (TPSA) is 88.9 Å². The number of rotatable bonds is 5. The number of amides is 2. The van der Waals surface area contributed by atoms with Gasteiger partial charge >= 0.3 is 0 Å². The Morgan fingerprint density at radius 1 is 1.15 bits per heavy atom. The largest absolute Gasteiger partial charge is 0.353 e. The van der Waals surface area contributed by atoms with E-state index < -0.39 is 11.7 Å². The lowest BCUT2D eigenvalue weighted by atomic mass is 9.86. The normalized spacial score (nSPS) is 16.9. The third-order valence-electron chi connectivity index (χ3n) is 5.49. The predicted octanol–water partition coefficient (Wildman–Crippen LogP) is 4.20. The molecular formula is C25H23ClFN5O2. The minimum absolute atomic E-state index is 0.0154. The molecule has 0 unspecified atom stereocenters. The van der Waals surface area contributed by atoms with Gasteiger partial charge in [-0.2, -0.15) is 5.10 Å². The first kappa shape index (κ1) is 23.5. The molecule has 2 heterocycles. The van der Waals surface area contributed by atoms with Crippen molar-refractivity contribution in [1.29, 1.82) is 0 Å². The lowest BCUT2D eigenvalue weighted by Crippen LogP contribution is -2.47. The monoisotopic (exact) mass is 479 g/mol. The van der Waals surface area contributed by atoms with Crippen LogP contribution in [-0.2, 0) is 4.79 Å². The molecule has 1 aliphatic carbocycles. The Morgan fingerprint density at radius 2 is 1.85 bits per heavy atom. The number of hydrogen-bond donors (Lipinski definition) is 2. The van der Waals surface area contributed by atoms with E-state index in [1.54, 1.807) is 0 Å². The molecule has 7 nitrogen and oxygen atoms in total. The number of pyridine rings is 1. The summed E-state index contributed by atoms with van der Waals surface area (Å²) in [5, 5.41) is 9.80. The summed E-state index contributed by atoms with van der Waals surface area (Å²) in [7, 11) is 0. The van der Waals surface area contributed by atoms with Crippen LogP contribution in [0.5, 0.6) is 0 Å². The molecule has 0 bridgehead atoms. The molecule has 174 valence electrons. The molecule has 4 rings (SSSR count). The van der Waals surface area contributed by atoms with Crippen molar-refractivity contribution in [2.24, 2.45) is 5.92 Å². The van der Waals surface area contributed by atoms with Crippen LogP contribution in [0, 0.1) is 23.6 Å². The first-order valence-corrected chi connectivity index (χ1v) is 11.3. The molecule has 1 fully saturated rings. The average molecular weight is 480 g/mol. The van der Waals surface area contributed by atoms with E-state index in [-0.39, 0.29) is 40.4 Å². The van der Waals surface area contributed by atoms with Gasteiger partial charge < -0.3 is 10.6 Å². The van der Waals surface area contributed by atoms with Crippen LogP contribution in [0.3, 0.4) is 0 Å². The molecule has 2 aromatic heterocycles. The predicted molar refractivity (Wildman–Crippen MR) is 127 cm³/mol. The minimum atomic E-state index is -0.712. The molecule has 34 heavy (non-hydrogen) atoms.